The van der Waals surface area contributed by atoms with Gasteiger partial charge in [0.15, 0.2) is 0 Å². The summed E-state index contributed by atoms with van der Waals surface area (Å²) >= 11 is 0. The molecule has 0 radical (unpaired) electrons. The molecule has 162 valence electrons. The average molecular weight is 444 g/mol. The molecular weight excluding hydrogens is 425 g/mol. The van der Waals surface area contributed by atoms with Crippen molar-refractivity contribution in [1.29, 1.82) is 0 Å². The van der Waals surface area contributed by atoms with Gasteiger partial charge < -0.3 is 10.1 Å². The first kappa shape index (κ1) is 23.2. The first-order chi connectivity index (χ1) is 13.8. The zero-order chi connectivity index (χ0) is 22.7. The van der Waals surface area contributed by atoms with E-state index in [0.29, 0.717) is 15.9 Å². The molecule has 2 aromatic carbocycles. The van der Waals surface area contributed by atoms with Crippen LogP contribution >= 0.6 is 0 Å². The van der Waals surface area contributed by atoms with Crippen molar-refractivity contribution in [3.63, 3.8) is 0 Å². The molecule has 11 heteroatoms. The predicted octanol–water partition coefficient (Wildman–Crippen LogP) is 3.21. The molecule has 0 saturated heterocycles. The van der Waals surface area contributed by atoms with Crippen molar-refractivity contribution in [3.05, 3.63) is 59.2 Å². The maximum Gasteiger partial charge on any atom is 0.416 e. The van der Waals surface area contributed by atoms with Crippen molar-refractivity contribution in [2.45, 2.75) is 13.1 Å². The lowest BCUT2D eigenvalue weighted by molar-refractivity contribution is -0.137. The number of carbonyl (C=O) groups excluding carboxylic acids is 2. The van der Waals surface area contributed by atoms with Crippen LogP contribution in [-0.2, 0) is 25.7 Å². The number of carbonyl (C=O) groups is 2. The number of sulfonamides is 1. The number of nitrogens with zero attached hydrogens (tertiary/aromatic N) is 1. The van der Waals surface area contributed by atoms with Crippen LogP contribution in [0.4, 0.5) is 24.5 Å². The summed E-state index contributed by atoms with van der Waals surface area (Å²) in [5.74, 6) is -1.42. The molecule has 2 rings (SSSR count). The van der Waals surface area contributed by atoms with E-state index in [1.165, 1.54) is 25.3 Å². The van der Waals surface area contributed by atoms with Crippen LogP contribution in [0, 0.1) is 6.92 Å². The van der Waals surface area contributed by atoms with Crippen LogP contribution < -0.4 is 9.62 Å². The fourth-order valence-electron chi connectivity index (χ4n) is 2.66. The third-order valence-electron chi connectivity index (χ3n) is 4.16. The molecular formula is C19H19F3N2O5S. The fourth-order valence-corrected chi connectivity index (χ4v) is 3.51. The van der Waals surface area contributed by atoms with Crippen molar-refractivity contribution < 1.29 is 35.9 Å². The summed E-state index contributed by atoms with van der Waals surface area (Å²) in [7, 11) is -2.87. The van der Waals surface area contributed by atoms with Gasteiger partial charge in [0.25, 0.3) is 0 Å². The summed E-state index contributed by atoms with van der Waals surface area (Å²) in [5, 5.41) is 2.47. The minimum absolute atomic E-state index is 0.202. The molecule has 0 atom stereocenters. The Morgan fingerprint density at radius 1 is 1.13 bits per heavy atom. The van der Waals surface area contributed by atoms with Gasteiger partial charge in [0, 0.05) is 5.69 Å². The van der Waals surface area contributed by atoms with Crippen molar-refractivity contribution >= 4 is 33.3 Å². The highest BCUT2D eigenvalue weighted by Crippen LogP contribution is 2.32. The van der Waals surface area contributed by atoms with Crippen LogP contribution in [0.1, 0.15) is 21.5 Å². The van der Waals surface area contributed by atoms with Crippen molar-refractivity contribution in [2.75, 3.05) is 29.5 Å². The smallest absolute Gasteiger partial charge is 0.416 e. The van der Waals surface area contributed by atoms with Crippen LogP contribution in [0.25, 0.3) is 0 Å². The minimum atomic E-state index is -4.67. The number of anilines is 2. The highest BCUT2D eigenvalue weighted by atomic mass is 32.2. The molecule has 1 N–H and O–H groups in total. The Kier molecular flexibility index (Phi) is 6.76. The second-order valence-electron chi connectivity index (χ2n) is 6.34. The normalized spacial score (nSPS) is 11.7. The number of hydrogen-bond donors (Lipinski definition) is 1. The molecule has 7 nitrogen and oxygen atoms in total. The highest BCUT2D eigenvalue weighted by Gasteiger charge is 2.32. The molecule has 0 unspecified atom stereocenters. The molecule has 0 fully saturated rings. The van der Waals surface area contributed by atoms with Crippen LogP contribution in [0.5, 0.6) is 0 Å². The third kappa shape index (κ3) is 5.50. The Hall–Kier alpha value is -3.08. The topological polar surface area (TPSA) is 92.8 Å². The molecule has 0 bridgehead atoms. The van der Waals surface area contributed by atoms with E-state index in [1.807, 2.05) is 0 Å². The van der Waals surface area contributed by atoms with E-state index in [9.17, 15) is 31.2 Å². The predicted molar refractivity (Wildman–Crippen MR) is 105 cm³/mol. The Bertz CT molecular complexity index is 1070. The van der Waals surface area contributed by atoms with Gasteiger partial charge in [-0.25, -0.2) is 13.2 Å². The van der Waals surface area contributed by atoms with Crippen LogP contribution in [0.15, 0.2) is 42.5 Å². The van der Waals surface area contributed by atoms with Gasteiger partial charge >= 0.3 is 12.1 Å². The van der Waals surface area contributed by atoms with E-state index in [2.05, 4.69) is 10.1 Å². The lowest BCUT2D eigenvalue weighted by atomic mass is 10.1. The van der Waals surface area contributed by atoms with Gasteiger partial charge in [-0.15, -0.1) is 0 Å². The zero-order valence-electron chi connectivity index (χ0n) is 16.3. The second-order valence-corrected chi connectivity index (χ2v) is 8.24. The quantitative estimate of drug-likeness (QED) is 0.691. The van der Waals surface area contributed by atoms with Gasteiger partial charge in [-0.05, 0) is 42.8 Å². The monoisotopic (exact) mass is 444 g/mol. The maximum atomic E-state index is 13.0. The van der Waals surface area contributed by atoms with Gasteiger partial charge in [-0.1, -0.05) is 12.1 Å². The third-order valence-corrected chi connectivity index (χ3v) is 5.30. The van der Waals surface area contributed by atoms with E-state index >= 15 is 0 Å². The summed E-state index contributed by atoms with van der Waals surface area (Å²) in [6.07, 6.45) is -3.89. The number of rotatable bonds is 6. The molecule has 2 aromatic rings. The molecule has 0 aromatic heterocycles. The standard InChI is InChI=1S/C19H19F3N2O5S/c1-12-15(18(26)29-2)8-5-9-16(12)23-17(25)11-24(30(3,27)28)14-7-4-6-13(10-14)19(20,21)22/h4-10H,11H2,1-3H3,(H,23,25). The number of ether oxygens (including phenoxy) is 1. The van der Waals surface area contributed by atoms with E-state index in [1.54, 1.807) is 6.92 Å². The minimum Gasteiger partial charge on any atom is -0.465 e. The van der Waals surface area contributed by atoms with Gasteiger partial charge in [0.05, 0.1) is 30.2 Å². The molecule has 0 aliphatic heterocycles. The van der Waals surface area contributed by atoms with Gasteiger partial charge in [-0.2, -0.15) is 13.2 Å². The van der Waals surface area contributed by atoms with Crippen molar-refractivity contribution in [3.8, 4) is 0 Å². The first-order valence-corrected chi connectivity index (χ1v) is 10.3. The number of alkyl halides is 3. The van der Waals surface area contributed by atoms with Crippen LogP contribution in [0.3, 0.4) is 0 Å². The second kappa shape index (κ2) is 8.74. The number of nitrogens with one attached hydrogen (secondary N) is 1. The largest absolute Gasteiger partial charge is 0.465 e. The Morgan fingerprint density at radius 3 is 2.33 bits per heavy atom. The lowest BCUT2D eigenvalue weighted by Crippen LogP contribution is -2.37. The fraction of sp³-hybridized carbons (Fsp3) is 0.263. The van der Waals surface area contributed by atoms with Crippen molar-refractivity contribution in [2.24, 2.45) is 0 Å². The number of hydrogen-bond acceptors (Lipinski definition) is 5. The SMILES string of the molecule is COC(=O)c1cccc(NC(=O)CN(c2cccc(C(F)(F)F)c2)S(C)(=O)=O)c1C. The molecule has 0 saturated carbocycles. The van der Waals surface area contributed by atoms with Gasteiger partial charge in [0.2, 0.25) is 15.9 Å². The van der Waals surface area contributed by atoms with E-state index in [4.69, 9.17) is 0 Å². The maximum absolute atomic E-state index is 13.0. The summed E-state index contributed by atoms with van der Waals surface area (Å²) in [6, 6.07) is 8.14. The first-order valence-electron chi connectivity index (χ1n) is 8.47. The molecule has 0 aliphatic carbocycles. The van der Waals surface area contributed by atoms with Gasteiger partial charge in [0.1, 0.15) is 6.54 Å². The van der Waals surface area contributed by atoms with Crippen LogP contribution in [-0.4, -0.2) is 40.2 Å². The van der Waals surface area contributed by atoms with E-state index < -0.39 is 40.2 Å². The summed E-state index contributed by atoms with van der Waals surface area (Å²) in [4.78, 5) is 24.2. The molecule has 30 heavy (non-hydrogen) atoms. The number of esters is 1. The molecule has 0 aliphatic rings. The molecule has 0 heterocycles. The van der Waals surface area contributed by atoms with Crippen molar-refractivity contribution in [1.82, 2.24) is 0 Å². The number of benzene rings is 2. The summed E-state index contributed by atoms with van der Waals surface area (Å²) in [6.45, 7) is 0.797. The molecule has 0 spiro atoms. The Balaban J connectivity index is 2.32. The Labute approximate surface area is 171 Å². The summed E-state index contributed by atoms with van der Waals surface area (Å²) < 4.78 is 68.4. The van der Waals surface area contributed by atoms with E-state index in [-0.39, 0.29) is 16.9 Å². The average Bonchev–Trinajstić information content (AvgIpc) is 2.65. The number of amides is 1. The number of methoxy groups -OCH3 is 1. The zero-order valence-corrected chi connectivity index (χ0v) is 17.1. The lowest BCUT2D eigenvalue weighted by Gasteiger charge is -2.23. The van der Waals surface area contributed by atoms with E-state index in [0.717, 1.165) is 24.5 Å². The summed E-state index contributed by atoms with van der Waals surface area (Å²) in [5.41, 5.74) is -0.519. The van der Waals surface area contributed by atoms with Gasteiger partial charge in [-0.3, -0.25) is 9.10 Å². The highest BCUT2D eigenvalue weighted by molar-refractivity contribution is 7.92. The molecule has 1 amide bonds. The number of halogens is 3. The van der Waals surface area contributed by atoms with Crippen LogP contribution in [0.2, 0.25) is 0 Å². The Morgan fingerprint density at radius 2 is 1.77 bits per heavy atom.